The fraction of sp³-hybridized carbons (Fsp3) is 0.533. The van der Waals surface area contributed by atoms with Crippen molar-refractivity contribution in [2.24, 2.45) is 0 Å². The van der Waals surface area contributed by atoms with E-state index in [-0.39, 0.29) is 11.7 Å². The molecule has 0 radical (unpaired) electrons. The minimum absolute atomic E-state index is 0.135. The van der Waals surface area contributed by atoms with Crippen LogP contribution in [0.25, 0.3) is 0 Å². The fourth-order valence-corrected chi connectivity index (χ4v) is 2.19. The van der Waals surface area contributed by atoms with Gasteiger partial charge < -0.3 is 10.2 Å². The normalized spacial score (nSPS) is 12.3. The van der Waals surface area contributed by atoms with Gasteiger partial charge in [-0.25, -0.2) is 4.79 Å². The standard InChI is InChI=1S/C15H22O3/c1-3-4-5-6-7-11(2)14-10-12(16)8-9-13(14)15(17)18/h8-11,16H,3-7H2,1-2H3,(H,17,18)/t11-/m1/s1. The molecule has 0 bridgehead atoms. The SMILES string of the molecule is CCCCCC[C@@H](C)c1cc(O)ccc1C(=O)O. The lowest BCUT2D eigenvalue weighted by Gasteiger charge is -2.14. The minimum atomic E-state index is -0.926. The smallest absolute Gasteiger partial charge is 0.335 e. The molecule has 0 aliphatic heterocycles. The summed E-state index contributed by atoms with van der Waals surface area (Å²) in [5.74, 6) is -0.624. The zero-order valence-corrected chi connectivity index (χ0v) is 11.1. The number of aromatic hydroxyl groups is 1. The fourth-order valence-electron chi connectivity index (χ4n) is 2.19. The maximum atomic E-state index is 11.1. The van der Waals surface area contributed by atoms with Crippen LogP contribution in [0.3, 0.4) is 0 Å². The molecule has 0 heterocycles. The topological polar surface area (TPSA) is 57.5 Å². The molecule has 3 heteroatoms. The number of carboxylic acid groups (broad SMARTS) is 1. The first-order valence-corrected chi connectivity index (χ1v) is 6.62. The van der Waals surface area contributed by atoms with Crippen molar-refractivity contribution < 1.29 is 15.0 Å². The van der Waals surface area contributed by atoms with Crippen LogP contribution in [0, 0.1) is 0 Å². The number of phenols is 1. The Labute approximate surface area is 108 Å². The summed E-state index contributed by atoms with van der Waals surface area (Å²) < 4.78 is 0. The second-order valence-electron chi connectivity index (χ2n) is 4.83. The van der Waals surface area contributed by atoms with E-state index < -0.39 is 5.97 Å². The van der Waals surface area contributed by atoms with Gasteiger partial charge in [-0.2, -0.15) is 0 Å². The number of hydrogen-bond acceptors (Lipinski definition) is 2. The Kier molecular flexibility index (Phi) is 5.69. The molecule has 1 aromatic rings. The van der Waals surface area contributed by atoms with Gasteiger partial charge in [0.2, 0.25) is 0 Å². The molecule has 2 N–H and O–H groups in total. The van der Waals surface area contributed by atoms with Crippen LogP contribution in [0.4, 0.5) is 0 Å². The van der Waals surface area contributed by atoms with E-state index in [0.29, 0.717) is 5.56 Å². The summed E-state index contributed by atoms with van der Waals surface area (Å²) in [5.41, 5.74) is 1.04. The molecular formula is C15H22O3. The number of phenolic OH excluding ortho intramolecular Hbond substituents is 1. The number of unbranched alkanes of at least 4 members (excludes halogenated alkanes) is 3. The van der Waals surface area contributed by atoms with E-state index in [2.05, 4.69) is 6.92 Å². The first kappa shape index (κ1) is 14.6. The molecule has 0 spiro atoms. The number of carboxylic acids is 1. The Balaban J connectivity index is 2.74. The van der Waals surface area contributed by atoms with Crippen LogP contribution in [0.1, 0.15) is 67.8 Å². The van der Waals surface area contributed by atoms with Crippen LogP contribution >= 0.6 is 0 Å². The third-order valence-electron chi connectivity index (χ3n) is 3.29. The third-order valence-corrected chi connectivity index (χ3v) is 3.29. The second kappa shape index (κ2) is 7.04. The average Bonchev–Trinajstić information content (AvgIpc) is 2.34. The van der Waals surface area contributed by atoms with Crippen molar-refractivity contribution in [1.82, 2.24) is 0 Å². The molecule has 18 heavy (non-hydrogen) atoms. The van der Waals surface area contributed by atoms with Gasteiger partial charge in [-0.3, -0.25) is 0 Å². The van der Waals surface area contributed by atoms with Gasteiger partial charge >= 0.3 is 5.97 Å². The van der Waals surface area contributed by atoms with Crippen molar-refractivity contribution in [2.75, 3.05) is 0 Å². The van der Waals surface area contributed by atoms with Crippen molar-refractivity contribution in [3.05, 3.63) is 29.3 Å². The molecule has 0 aliphatic rings. The van der Waals surface area contributed by atoms with Crippen LogP contribution in [-0.2, 0) is 0 Å². The summed E-state index contributed by atoms with van der Waals surface area (Å²) in [6.45, 7) is 4.19. The summed E-state index contributed by atoms with van der Waals surface area (Å²) in [6, 6.07) is 4.49. The van der Waals surface area contributed by atoms with E-state index in [9.17, 15) is 9.90 Å². The molecule has 0 amide bonds. The first-order chi connectivity index (χ1) is 8.56. The van der Waals surface area contributed by atoms with Crippen LogP contribution in [-0.4, -0.2) is 16.2 Å². The van der Waals surface area contributed by atoms with Crippen molar-refractivity contribution in [2.45, 2.75) is 51.9 Å². The van der Waals surface area contributed by atoms with E-state index in [1.807, 2.05) is 6.92 Å². The lowest BCUT2D eigenvalue weighted by atomic mass is 9.91. The number of hydrogen-bond donors (Lipinski definition) is 2. The number of rotatable bonds is 7. The molecule has 3 nitrogen and oxygen atoms in total. The van der Waals surface area contributed by atoms with Gasteiger partial charge in [0.05, 0.1) is 5.56 Å². The summed E-state index contributed by atoms with van der Waals surface area (Å²) in [4.78, 5) is 11.1. The Bertz CT molecular complexity index is 399. The van der Waals surface area contributed by atoms with E-state index in [1.54, 1.807) is 6.07 Å². The molecule has 100 valence electrons. The summed E-state index contributed by atoms with van der Waals surface area (Å²) in [5, 5.41) is 18.6. The minimum Gasteiger partial charge on any atom is -0.508 e. The van der Waals surface area contributed by atoms with Crippen molar-refractivity contribution in [3.63, 3.8) is 0 Å². The number of benzene rings is 1. The van der Waals surface area contributed by atoms with Gasteiger partial charge in [0.25, 0.3) is 0 Å². The Hall–Kier alpha value is -1.51. The predicted octanol–water partition coefficient (Wildman–Crippen LogP) is 4.16. The quantitative estimate of drug-likeness (QED) is 0.714. The molecule has 1 aromatic carbocycles. The maximum Gasteiger partial charge on any atom is 0.335 e. The van der Waals surface area contributed by atoms with Crippen molar-refractivity contribution in [1.29, 1.82) is 0 Å². The third kappa shape index (κ3) is 4.06. The lowest BCUT2D eigenvalue weighted by molar-refractivity contribution is 0.0695. The maximum absolute atomic E-state index is 11.1. The van der Waals surface area contributed by atoms with Gasteiger partial charge in [-0.15, -0.1) is 0 Å². The van der Waals surface area contributed by atoms with E-state index >= 15 is 0 Å². The molecule has 0 aromatic heterocycles. The Morgan fingerprint density at radius 2 is 2.00 bits per heavy atom. The highest BCUT2D eigenvalue weighted by Gasteiger charge is 2.15. The summed E-state index contributed by atoms with van der Waals surface area (Å²) >= 11 is 0. The molecule has 0 saturated heterocycles. The first-order valence-electron chi connectivity index (χ1n) is 6.62. The molecule has 0 unspecified atom stereocenters. The molecule has 1 atom stereocenters. The molecule has 0 saturated carbocycles. The summed E-state index contributed by atoms with van der Waals surface area (Å²) in [7, 11) is 0. The van der Waals surface area contributed by atoms with Crippen LogP contribution in [0.2, 0.25) is 0 Å². The largest absolute Gasteiger partial charge is 0.508 e. The van der Waals surface area contributed by atoms with E-state index in [1.165, 1.54) is 31.4 Å². The zero-order valence-electron chi connectivity index (χ0n) is 11.1. The Morgan fingerprint density at radius 1 is 1.28 bits per heavy atom. The lowest BCUT2D eigenvalue weighted by Crippen LogP contribution is -2.05. The van der Waals surface area contributed by atoms with Gasteiger partial charge in [-0.1, -0.05) is 39.5 Å². The highest BCUT2D eigenvalue weighted by molar-refractivity contribution is 5.89. The Morgan fingerprint density at radius 3 is 2.61 bits per heavy atom. The van der Waals surface area contributed by atoms with E-state index in [0.717, 1.165) is 18.4 Å². The zero-order chi connectivity index (χ0) is 13.5. The van der Waals surface area contributed by atoms with Crippen LogP contribution in [0.5, 0.6) is 5.75 Å². The summed E-state index contributed by atoms with van der Waals surface area (Å²) in [6.07, 6.45) is 5.66. The predicted molar refractivity (Wildman–Crippen MR) is 72.2 cm³/mol. The van der Waals surface area contributed by atoms with Crippen molar-refractivity contribution >= 4 is 5.97 Å². The molecule has 1 rings (SSSR count). The average molecular weight is 250 g/mol. The monoisotopic (exact) mass is 250 g/mol. The van der Waals surface area contributed by atoms with E-state index in [4.69, 9.17) is 5.11 Å². The second-order valence-corrected chi connectivity index (χ2v) is 4.83. The highest BCUT2D eigenvalue weighted by atomic mass is 16.4. The molecular weight excluding hydrogens is 228 g/mol. The van der Waals surface area contributed by atoms with Gasteiger partial charge in [0, 0.05) is 0 Å². The van der Waals surface area contributed by atoms with Gasteiger partial charge in [-0.05, 0) is 36.1 Å². The number of aromatic carboxylic acids is 1. The molecule has 0 aliphatic carbocycles. The van der Waals surface area contributed by atoms with Gasteiger partial charge in [0.1, 0.15) is 5.75 Å². The van der Waals surface area contributed by atoms with Gasteiger partial charge in [0.15, 0.2) is 0 Å². The molecule has 0 fully saturated rings. The van der Waals surface area contributed by atoms with Crippen LogP contribution < -0.4 is 0 Å². The number of carbonyl (C=O) groups is 1. The van der Waals surface area contributed by atoms with Crippen LogP contribution in [0.15, 0.2) is 18.2 Å². The van der Waals surface area contributed by atoms with Crippen molar-refractivity contribution in [3.8, 4) is 5.75 Å². The highest BCUT2D eigenvalue weighted by Crippen LogP contribution is 2.28.